The summed E-state index contributed by atoms with van der Waals surface area (Å²) in [6.45, 7) is 3.08. The highest BCUT2D eigenvalue weighted by atomic mass is 32.2. The lowest BCUT2D eigenvalue weighted by Crippen LogP contribution is -2.25. The molecule has 0 amide bonds. The second-order valence-corrected chi connectivity index (χ2v) is 6.44. The number of halogens is 4. The highest BCUT2D eigenvalue weighted by molar-refractivity contribution is 7.94. The SMILES string of the molecule is CC(C)ON/C(=C/F)S(=O)(=O)Cc1nn(C)nc1C(F)(F)F. The summed E-state index contributed by atoms with van der Waals surface area (Å²) in [4.78, 5) is 5.31. The molecule has 0 aromatic carbocycles. The van der Waals surface area contributed by atoms with Crippen LogP contribution >= 0.6 is 0 Å². The van der Waals surface area contributed by atoms with Gasteiger partial charge in [0.25, 0.3) is 0 Å². The second kappa shape index (κ2) is 6.60. The maximum Gasteiger partial charge on any atom is 0.437 e. The molecule has 0 saturated carbocycles. The summed E-state index contributed by atoms with van der Waals surface area (Å²) >= 11 is 0. The lowest BCUT2D eigenvalue weighted by Gasteiger charge is -2.12. The van der Waals surface area contributed by atoms with E-state index in [1.807, 2.05) is 5.48 Å². The average Bonchev–Trinajstić information content (AvgIpc) is 2.69. The van der Waals surface area contributed by atoms with Crippen LogP contribution in [0.1, 0.15) is 25.2 Å². The van der Waals surface area contributed by atoms with Crippen LogP contribution in [-0.4, -0.2) is 29.5 Å². The van der Waals surface area contributed by atoms with Gasteiger partial charge in [0.2, 0.25) is 9.84 Å². The number of alkyl halides is 3. The summed E-state index contributed by atoms with van der Waals surface area (Å²) in [6.07, 6.45) is -5.66. The molecular formula is C10H14F4N4O3S. The van der Waals surface area contributed by atoms with Crippen LogP contribution in [0.3, 0.4) is 0 Å². The summed E-state index contributed by atoms with van der Waals surface area (Å²) in [5, 5.41) is 5.44. The Morgan fingerprint density at radius 2 is 2.00 bits per heavy atom. The summed E-state index contributed by atoms with van der Waals surface area (Å²) in [7, 11) is -3.35. The number of hydroxylamine groups is 1. The van der Waals surface area contributed by atoms with Gasteiger partial charge in [-0.1, -0.05) is 0 Å². The van der Waals surface area contributed by atoms with Crippen molar-refractivity contribution >= 4 is 9.84 Å². The van der Waals surface area contributed by atoms with E-state index in [2.05, 4.69) is 10.2 Å². The largest absolute Gasteiger partial charge is 0.437 e. The van der Waals surface area contributed by atoms with Crippen molar-refractivity contribution in [2.24, 2.45) is 7.05 Å². The summed E-state index contributed by atoms with van der Waals surface area (Å²) in [5.74, 6) is -1.18. The molecule has 0 fully saturated rings. The van der Waals surface area contributed by atoms with Gasteiger partial charge in [0.05, 0.1) is 6.10 Å². The number of nitrogens with one attached hydrogen (secondary N) is 1. The molecule has 1 rings (SSSR count). The average molecular weight is 346 g/mol. The van der Waals surface area contributed by atoms with Crippen LogP contribution in [0.2, 0.25) is 0 Å². The zero-order chi connectivity index (χ0) is 17.1. The maximum atomic E-state index is 12.7. The molecule has 1 aromatic heterocycles. The third-order valence-electron chi connectivity index (χ3n) is 2.21. The molecule has 22 heavy (non-hydrogen) atoms. The monoisotopic (exact) mass is 346 g/mol. The minimum Gasteiger partial charge on any atom is -0.273 e. The van der Waals surface area contributed by atoms with E-state index in [0.717, 1.165) is 7.05 Å². The summed E-state index contributed by atoms with van der Waals surface area (Å²) in [6, 6.07) is 0. The first-order valence-electron chi connectivity index (χ1n) is 5.89. The molecule has 0 atom stereocenters. The van der Waals surface area contributed by atoms with Crippen molar-refractivity contribution in [2.75, 3.05) is 0 Å². The molecule has 126 valence electrons. The van der Waals surface area contributed by atoms with Gasteiger partial charge in [0.1, 0.15) is 17.8 Å². The minimum absolute atomic E-state index is 0.304. The number of hydrogen-bond acceptors (Lipinski definition) is 6. The third kappa shape index (κ3) is 4.66. The molecule has 0 unspecified atom stereocenters. The highest BCUT2D eigenvalue weighted by Gasteiger charge is 2.39. The lowest BCUT2D eigenvalue weighted by molar-refractivity contribution is -0.142. The predicted molar refractivity (Wildman–Crippen MR) is 67.2 cm³/mol. The number of aryl methyl sites for hydroxylation is 1. The molecule has 1 N–H and O–H groups in total. The fraction of sp³-hybridized carbons (Fsp3) is 0.600. The fourth-order valence-electron chi connectivity index (χ4n) is 1.35. The number of rotatable bonds is 6. The van der Waals surface area contributed by atoms with Gasteiger partial charge in [-0.25, -0.2) is 12.8 Å². The summed E-state index contributed by atoms with van der Waals surface area (Å²) in [5.41, 5.74) is -0.419. The zero-order valence-corrected chi connectivity index (χ0v) is 12.7. The van der Waals surface area contributed by atoms with Crippen molar-refractivity contribution in [1.29, 1.82) is 0 Å². The molecule has 1 aromatic rings. The first-order chi connectivity index (χ1) is 9.97. The maximum absolute atomic E-state index is 12.7. The minimum atomic E-state index is -4.87. The molecule has 12 heteroatoms. The van der Waals surface area contributed by atoms with E-state index in [4.69, 9.17) is 4.84 Å². The molecule has 7 nitrogen and oxygen atoms in total. The van der Waals surface area contributed by atoms with Crippen molar-refractivity contribution < 1.29 is 30.8 Å². The number of hydrogen-bond donors (Lipinski definition) is 1. The Labute approximate surface area is 123 Å². The van der Waals surface area contributed by atoms with Crippen molar-refractivity contribution in [3.05, 3.63) is 22.7 Å². The first kappa shape index (κ1) is 18.4. The van der Waals surface area contributed by atoms with Crippen LogP contribution in [0.5, 0.6) is 0 Å². The molecule has 1 heterocycles. The van der Waals surface area contributed by atoms with Gasteiger partial charge < -0.3 is 0 Å². The van der Waals surface area contributed by atoms with Gasteiger partial charge in [-0.05, 0) is 13.8 Å². The van der Waals surface area contributed by atoms with Gasteiger partial charge in [-0.2, -0.15) is 23.1 Å². The number of aromatic nitrogens is 3. The van der Waals surface area contributed by atoms with E-state index in [9.17, 15) is 26.0 Å². The van der Waals surface area contributed by atoms with E-state index < -0.39 is 44.3 Å². The Kier molecular flexibility index (Phi) is 5.51. The Bertz CT molecular complexity index is 652. The zero-order valence-electron chi connectivity index (χ0n) is 11.8. The van der Waals surface area contributed by atoms with Gasteiger partial charge in [-0.15, -0.1) is 5.10 Å². The molecule has 0 aliphatic carbocycles. The predicted octanol–water partition coefficient (Wildman–Crippen LogP) is 1.45. The number of nitrogens with zero attached hydrogens (tertiary/aromatic N) is 3. The van der Waals surface area contributed by atoms with Crippen LogP contribution in [0.25, 0.3) is 0 Å². The topological polar surface area (TPSA) is 86.1 Å². The van der Waals surface area contributed by atoms with Crippen LogP contribution in [-0.2, 0) is 33.7 Å². The highest BCUT2D eigenvalue weighted by Crippen LogP contribution is 2.30. The lowest BCUT2D eigenvalue weighted by atomic mass is 10.3. The van der Waals surface area contributed by atoms with Crippen molar-refractivity contribution in [2.45, 2.75) is 31.9 Å². The van der Waals surface area contributed by atoms with E-state index >= 15 is 0 Å². The Morgan fingerprint density at radius 3 is 2.45 bits per heavy atom. The summed E-state index contributed by atoms with van der Waals surface area (Å²) < 4.78 is 74.8. The molecule has 0 bridgehead atoms. The molecular weight excluding hydrogens is 332 g/mol. The van der Waals surface area contributed by atoms with E-state index in [1.54, 1.807) is 13.8 Å². The Morgan fingerprint density at radius 1 is 1.41 bits per heavy atom. The smallest absolute Gasteiger partial charge is 0.273 e. The Balaban J connectivity index is 3.07. The molecule has 0 saturated heterocycles. The van der Waals surface area contributed by atoms with Gasteiger partial charge in [0, 0.05) is 7.05 Å². The third-order valence-corrected chi connectivity index (χ3v) is 3.70. The first-order valence-corrected chi connectivity index (χ1v) is 7.54. The second-order valence-electron chi connectivity index (χ2n) is 4.48. The van der Waals surface area contributed by atoms with Crippen LogP contribution < -0.4 is 5.48 Å². The normalized spacial score (nSPS) is 13.7. The van der Waals surface area contributed by atoms with E-state index in [-0.39, 0.29) is 6.33 Å². The van der Waals surface area contributed by atoms with E-state index in [1.165, 1.54) is 0 Å². The van der Waals surface area contributed by atoms with Crippen molar-refractivity contribution in [3.8, 4) is 0 Å². The van der Waals surface area contributed by atoms with Crippen LogP contribution in [0.15, 0.2) is 11.4 Å². The van der Waals surface area contributed by atoms with Crippen molar-refractivity contribution in [1.82, 2.24) is 20.5 Å². The van der Waals surface area contributed by atoms with Crippen molar-refractivity contribution in [3.63, 3.8) is 0 Å². The standard InChI is InChI=1S/C10H14F4N4O3S/c1-6(2)21-17-8(4-11)22(19,20)5-7-9(10(12,13)14)16-18(3)15-7/h4,6,17H,5H2,1-3H3/b8-4-. The van der Waals surface area contributed by atoms with Crippen LogP contribution in [0.4, 0.5) is 17.6 Å². The quantitative estimate of drug-likeness (QED) is 0.620. The molecule has 0 aliphatic rings. The number of sulfone groups is 1. The van der Waals surface area contributed by atoms with Gasteiger partial charge in [-0.3, -0.25) is 10.3 Å². The van der Waals surface area contributed by atoms with E-state index in [0.29, 0.717) is 4.80 Å². The van der Waals surface area contributed by atoms with Gasteiger partial charge >= 0.3 is 6.18 Å². The molecule has 0 spiro atoms. The molecule has 0 radical (unpaired) electrons. The molecule has 0 aliphatic heterocycles. The van der Waals surface area contributed by atoms with Gasteiger partial charge in [0.15, 0.2) is 10.7 Å². The Hall–Kier alpha value is -1.69. The van der Waals surface area contributed by atoms with Crippen LogP contribution in [0, 0.1) is 0 Å². The fourth-order valence-corrected chi connectivity index (χ4v) is 2.37.